The van der Waals surface area contributed by atoms with Gasteiger partial charge in [-0.1, -0.05) is 12.1 Å². The van der Waals surface area contributed by atoms with Crippen LogP contribution in [0.4, 0.5) is 5.69 Å². The van der Waals surface area contributed by atoms with Gasteiger partial charge in [0.25, 0.3) is 5.91 Å². The van der Waals surface area contributed by atoms with Gasteiger partial charge in [0, 0.05) is 5.69 Å². The van der Waals surface area contributed by atoms with Crippen LogP contribution in [0.15, 0.2) is 35.7 Å². The van der Waals surface area contributed by atoms with Crippen molar-refractivity contribution in [3.8, 4) is 0 Å². The Balaban J connectivity index is 1.88. The van der Waals surface area contributed by atoms with Crippen LogP contribution in [0, 0.1) is 13.8 Å². The summed E-state index contributed by atoms with van der Waals surface area (Å²) in [5, 5.41) is 5.23. The van der Waals surface area contributed by atoms with E-state index in [1.165, 1.54) is 11.3 Å². The molecule has 0 aliphatic heterocycles. The van der Waals surface area contributed by atoms with Crippen LogP contribution < -0.4 is 16.2 Å². The Hall–Kier alpha value is -1.92. The van der Waals surface area contributed by atoms with Crippen LogP contribution in [0.5, 0.6) is 0 Å². The van der Waals surface area contributed by atoms with Gasteiger partial charge in [0.2, 0.25) is 0 Å². The molecular formula is C14H15N3OS2. The first-order valence-electron chi connectivity index (χ1n) is 6.04. The highest BCUT2D eigenvalue weighted by molar-refractivity contribution is 7.80. The first-order valence-corrected chi connectivity index (χ1v) is 7.32. The first kappa shape index (κ1) is 14.5. The molecule has 0 radical (unpaired) electrons. The van der Waals surface area contributed by atoms with E-state index in [0.717, 1.165) is 16.8 Å². The van der Waals surface area contributed by atoms with Crippen molar-refractivity contribution in [2.45, 2.75) is 13.8 Å². The number of hydrogen-bond acceptors (Lipinski definition) is 3. The second-order valence-corrected chi connectivity index (χ2v) is 5.74. The van der Waals surface area contributed by atoms with E-state index in [-0.39, 0.29) is 5.91 Å². The summed E-state index contributed by atoms with van der Waals surface area (Å²) in [6.45, 7) is 4.04. The fourth-order valence-corrected chi connectivity index (χ4v) is 2.58. The molecule has 0 spiro atoms. The Morgan fingerprint density at radius 3 is 2.45 bits per heavy atom. The van der Waals surface area contributed by atoms with Gasteiger partial charge in [-0.2, -0.15) is 0 Å². The summed E-state index contributed by atoms with van der Waals surface area (Å²) in [7, 11) is 0. The molecule has 1 amide bonds. The minimum Gasteiger partial charge on any atom is -0.331 e. The second-order valence-electron chi connectivity index (χ2n) is 4.39. The molecule has 20 heavy (non-hydrogen) atoms. The van der Waals surface area contributed by atoms with Gasteiger partial charge in [-0.25, -0.2) is 0 Å². The summed E-state index contributed by atoms with van der Waals surface area (Å²) in [5.74, 6) is -0.204. The number of aryl methyl sites for hydroxylation is 2. The van der Waals surface area contributed by atoms with Gasteiger partial charge in [0.1, 0.15) is 0 Å². The molecule has 104 valence electrons. The van der Waals surface area contributed by atoms with Crippen molar-refractivity contribution >= 4 is 40.3 Å². The van der Waals surface area contributed by atoms with E-state index < -0.39 is 0 Å². The highest BCUT2D eigenvalue weighted by Gasteiger charge is 2.06. The van der Waals surface area contributed by atoms with E-state index in [9.17, 15) is 4.79 Å². The molecule has 2 aromatic rings. The van der Waals surface area contributed by atoms with E-state index >= 15 is 0 Å². The molecule has 0 saturated carbocycles. The summed E-state index contributed by atoms with van der Waals surface area (Å²) in [6.07, 6.45) is 0. The molecular weight excluding hydrogens is 290 g/mol. The summed E-state index contributed by atoms with van der Waals surface area (Å²) in [6, 6.07) is 9.64. The number of hydrogen-bond donors (Lipinski definition) is 3. The average molecular weight is 305 g/mol. The first-order chi connectivity index (χ1) is 9.54. The molecule has 2 rings (SSSR count). The number of carbonyl (C=O) groups excluding carboxylic acids is 1. The molecule has 6 heteroatoms. The van der Waals surface area contributed by atoms with Gasteiger partial charge in [-0.15, -0.1) is 11.3 Å². The van der Waals surface area contributed by atoms with Crippen molar-refractivity contribution in [2.24, 2.45) is 0 Å². The Bertz CT molecular complexity index is 603. The molecule has 0 unspecified atom stereocenters. The Labute approximate surface area is 127 Å². The third-order valence-corrected chi connectivity index (χ3v) is 3.59. The maximum Gasteiger partial charge on any atom is 0.279 e. The van der Waals surface area contributed by atoms with Crippen LogP contribution >= 0.6 is 23.6 Å². The van der Waals surface area contributed by atoms with Gasteiger partial charge in [-0.3, -0.25) is 15.6 Å². The largest absolute Gasteiger partial charge is 0.331 e. The third kappa shape index (κ3) is 4.04. The quantitative estimate of drug-likeness (QED) is 0.590. The predicted octanol–water partition coefficient (Wildman–Crippen LogP) is 3.00. The number of benzene rings is 1. The smallest absolute Gasteiger partial charge is 0.279 e. The monoisotopic (exact) mass is 305 g/mol. The molecule has 1 aromatic carbocycles. The average Bonchev–Trinajstić information content (AvgIpc) is 2.88. The number of carbonyl (C=O) groups is 1. The van der Waals surface area contributed by atoms with Crippen LogP contribution in [0.25, 0.3) is 0 Å². The lowest BCUT2D eigenvalue weighted by molar-refractivity contribution is 0.0948. The Kier molecular flexibility index (Phi) is 4.70. The number of thiophene rings is 1. The number of rotatable bonds is 2. The van der Waals surface area contributed by atoms with Crippen LogP contribution in [0.3, 0.4) is 0 Å². The number of anilines is 1. The molecule has 4 nitrogen and oxygen atoms in total. The van der Waals surface area contributed by atoms with Gasteiger partial charge in [0.15, 0.2) is 5.11 Å². The molecule has 0 atom stereocenters. The van der Waals surface area contributed by atoms with Crippen molar-refractivity contribution < 1.29 is 4.79 Å². The standard InChI is InChI=1S/C14H15N3OS2/c1-9-6-10(2)8-11(7-9)15-14(19)17-16-13(18)12-4-3-5-20-12/h3-8H,1-2H3,(H,16,18)(H2,15,17,19). The second kappa shape index (κ2) is 6.49. The molecule has 1 heterocycles. The van der Waals surface area contributed by atoms with Crippen molar-refractivity contribution in [1.29, 1.82) is 0 Å². The molecule has 0 aliphatic carbocycles. The van der Waals surface area contributed by atoms with Crippen molar-refractivity contribution in [1.82, 2.24) is 10.9 Å². The number of amides is 1. The van der Waals surface area contributed by atoms with E-state index in [1.807, 2.05) is 37.4 Å². The minimum atomic E-state index is -0.204. The van der Waals surface area contributed by atoms with Crippen LogP contribution in [0.1, 0.15) is 20.8 Å². The van der Waals surface area contributed by atoms with E-state index in [0.29, 0.717) is 9.99 Å². The topological polar surface area (TPSA) is 53.2 Å². The lowest BCUT2D eigenvalue weighted by atomic mass is 10.1. The van der Waals surface area contributed by atoms with Crippen LogP contribution in [0.2, 0.25) is 0 Å². The summed E-state index contributed by atoms with van der Waals surface area (Å²) < 4.78 is 0. The fourth-order valence-electron chi connectivity index (χ4n) is 1.79. The van der Waals surface area contributed by atoms with Crippen molar-refractivity contribution in [3.05, 3.63) is 51.7 Å². The SMILES string of the molecule is Cc1cc(C)cc(NC(=S)NNC(=O)c2cccs2)c1. The van der Waals surface area contributed by atoms with Gasteiger partial charge in [0.05, 0.1) is 4.88 Å². The number of thiocarbonyl (C=S) groups is 1. The van der Waals surface area contributed by atoms with Crippen molar-refractivity contribution in [3.63, 3.8) is 0 Å². The van der Waals surface area contributed by atoms with E-state index in [4.69, 9.17) is 12.2 Å². The minimum absolute atomic E-state index is 0.204. The lowest BCUT2D eigenvalue weighted by Crippen LogP contribution is -2.43. The molecule has 0 fully saturated rings. The van der Waals surface area contributed by atoms with Gasteiger partial charge in [-0.05, 0) is 60.8 Å². The normalized spacial score (nSPS) is 9.90. The molecule has 3 N–H and O–H groups in total. The van der Waals surface area contributed by atoms with Crippen molar-refractivity contribution in [2.75, 3.05) is 5.32 Å². The maximum absolute atomic E-state index is 11.7. The van der Waals surface area contributed by atoms with Gasteiger partial charge >= 0.3 is 0 Å². The predicted molar refractivity (Wildman–Crippen MR) is 87.1 cm³/mol. The summed E-state index contributed by atoms with van der Waals surface area (Å²) in [5.41, 5.74) is 8.43. The van der Waals surface area contributed by atoms with Crippen LogP contribution in [-0.2, 0) is 0 Å². The summed E-state index contributed by atoms with van der Waals surface area (Å²) in [4.78, 5) is 12.4. The zero-order valence-corrected chi connectivity index (χ0v) is 12.8. The molecule has 0 saturated heterocycles. The molecule has 1 aromatic heterocycles. The molecule has 0 aliphatic rings. The zero-order chi connectivity index (χ0) is 14.5. The zero-order valence-electron chi connectivity index (χ0n) is 11.2. The summed E-state index contributed by atoms with van der Waals surface area (Å²) >= 11 is 6.51. The fraction of sp³-hybridized carbons (Fsp3) is 0.143. The number of hydrazine groups is 1. The Morgan fingerprint density at radius 1 is 1.15 bits per heavy atom. The number of nitrogens with one attached hydrogen (secondary N) is 3. The van der Waals surface area contributed by atoms with Crippen LogP contribution in [-0.4, -0.2) is 11.0 Å². The lowest BCUT2D eigenvalue weighted by Gasteiger charge is -2.12. The maximum atomic E-state index is 11.7. The Morgan fingerprint density at radius 2 is 1.85 bits per heavy atom. The van der Waals surface area contributed by atoms with E-state index in [1.54, 1.807) is 6.07 Å². The molecule has 0 bridgehead atoms. The third-order valence-electron chi connectivity index (χ3n) is 2.51. The van der Waals surface area contributed by atoms with Gasteiger partial charge < -0.3 is 5.32 Å². The highest BCUT2D eigenvalue weighted by atomic mass is 32.1. The van der Waals surface area contributed by atoms with E-state index in [2.05, 4.69) is 22.2 Å². The highest BCUT2D eigenvalue weighted by Crippen LogP contribution is 2.13.